The van der Waals surface area contributed by atoms with Crippen molar-refractivity contribution in [3.05, 3.63) is 53.5 Å². The molecule has 0 N–H and O–H groups in total. The second-order valence-electron chi connectivity index (χ2n) is 8.01. The average molecular weight is 378 g/mol. The van der Waals surface area contributed by atoms with Crippen LogP contribution in [0.1, 0.15) is 40.5 Å². The number of carbonyl (C=O) groups is 1. The van der Waals surface area contributed by atoms with Gasteiger partial charge in [0.2, 0.25) is 0 Å². The predicted molar refractivity (Wildman–Crippen MR) is 107 cm³/mol. The van der Waals surface area contributed by atoms with Crippen molar-refractivity contribution in [1.29, 1.82) is 0 Å². The number of hydrogen-bond donors (Lipinski definition) is 0. The highest BCUT2D eigenvalue weighted by Gasteiger charge is 2.28. The van der Waals surface area contributed by atoms with Crippen LogP contribution < -0.4 is 0 Å². The van der Waals surface area contributed by atoms with Gasteiger partial charge in [0.15, 0.2) is 5.58 Å². The summed E-state index contributed by atoms with van der Waals surface area (Å²) in [6.07, 6.45) is 4.21. The molecule has 6 heteroatoms. The molecule has 0 bridgehead atoms. The predicted octanol–water partition coefficient (Wildman–Crippen LogP) is 3.27. The monoisotopic (exact) mass is 378 g/mol. The van der Waals surface area contributed by atoms with E-state index >= 15 is 0 Å². The van der Waals surface area contributed by atoms with E-state index in [4.69, 9.17) is 4.52 Å². The zero-order chi connectivity index (χ0) is 19.1. The number of benzene rings is 1. The lowest BCUT2D eigenvalue weighted by atomic mass is 9.91. The van der Waals surface area contributed by atoms with Crippen molar-refractivity contribution in [2.45, 2.75) is 32.2 Å². The van der Waals surface area contributed by atoms with Gasteiger partial charge in [0.1, 0.15) is 5.69 Å². The Bertz CT molecular complexity index is 997. The van der Waals surface area contributed by atoms with Gasteiger partial charge in [0.25, 0.3) is 5.91 Å². The van der Waals surface area contributed by atoms with Crippen molar-refractivity contribution < 1.29 is 9.32 Å². The Hall–Kier alpha value is -2.60. The number of aromatic nitrogens is 2. The number of nitrogens with zero attached hydrogens (tertiary/aromatic N) is 4. The van der Waals surface area contributed by atoms with Gasteiger partial charge in [-0.3, -0.25) is 4.79 Å². The molecule has 0 aliphatic carbocycles. The summed E-state index contributed by atoms with van der Waals surface area (Å²) in [5, 5.41) is 5.50. The van der Waals surface area contributed by atoms with Crippen molar-refractivity contribution in [1.82, 2.24) is 19.5 Å². The highest BCUT2D eigenvalue weighted by Crippen LogP contribution is 2.32. The first-order valence-electron chi connectivity index (χ1n) is 10.2. The number of piperidine rings is 1. The third-order valence-corrected chi connectivity index (χ3v) is 6.33. The van der Waals surface area contributed by atoms with Crippen molar-refractivity contribution in [2.75, 3.05) is 32.7 Å². The van der Waals surface area contributed by atoms with Gasteiger partial charge in [-0.25, -0.2) is 0 Å². The maximum atomic E-state index is 12.8. The average Bonchev–Trinajstić information content (AvgIpc) is 3.32. The number of para-hydroxylation sites is 1. The molecule has 146 valence electrons. The van der Waals surface area contributed by atoms with Crippen LogP contribution in [0.3, 0.4) is 0 Å². The van der Waals surface area contributed by atoms with Crippen molar-refractivity contribution >= 4 is 16.9 Å². The van der Waals surface area contributed by atoms with Gasteiger partial charge in [-0.2, -0.15) is 0 Å². The van der Waals surface area contributed by atoms with Crippen molar-refractivity contribution in [3.8, 4) is 0 Å². The molecule has 1 saturated heterocycles. The Morgan fingerprint density at radius 1 is 1.07 bits per heavy atom. The summed E-state index contributed by atoms with van der Waals surface area (Å²) in [7, 11) is 0. The van der Waals surface area contributed by atoms with Gasteiger partial charge in [-0.05, 0) is 56.6 Å². The summed E-state index contributed by atoms with van der Waals surface area (Å²) in [6.45, 7) is 7.56. The van der Waals surface area contributed by atoms with Gasteiger partial charge in [0.05, 0.1) is 5.69 Å². The Kier molecular flexibility index (Phi) is 4.43. The number of amides is 1. The molecule has 1 fully saturated rings. The van der Waals surface area contributed by atoms with Crippen LogP contribution >= 0.6 is 0 Å². The number of likely N-dealkylation sites (tertiary alicyclic amines) is 1. The summed E-state index contributed by atoms with van der Waals surface area (Å²) in [4.78, 5) is 17.3. The lowest BCUT2D eigenvalue weighted by molar-refractivity contribution is 0.0673. The molecule has 1 amide bonds. The van der Waals surface area contributed by atoms with Crippen LogP contribution in [-0.4, -0.2) is 58.2 Å². The van der Waals surface area contributed by atoms with E-state index in [1.807, 2.05) is 42.3 Å². The van der Waals surface area contributed by atoms with E-state index < -0.39 is 0 Å². The topological polar surface area (TPSA) is 54.5 Å². The molecule has 6 nitrogen and oxygen atoms in total. The summed E-state index contributed by atoms with van der Waals surface area (Å²) < 4.78 is 7.57. The maximum absolute atomic E-state index is 12.8. The van der Waals surface area contributed by atoms with E-state index in [1.54, 1.807) is 0 Å². The minimum absolute atomic E-state index is 0.178. The minimum Gasteiger partial charge on any atom is -0.356 e. The summed E-state index contributed by atoms with van der Waals surface area (Å²) in [5.41, 5.74) is 3.93. The lowest BCUT2D eigenvalue weighted by Gasteiger charge is -2.34. The highest BCUT2D eigenvalue weighted by molar-refractivity contribution is 5.94. The Morgan fingerprint density at radius 2 is 1.89 bits per heavy atom. The van der Waals surface area contributed by atoms with Gasteiger partial charge in [-0.15, -0.1) is 0 Å². The van der Waals surface area contributed by atoms with E-state index in [1.165, 1.54) is 0 Å². The van der Waals surface area contributed by atoms with Crippen LogP contribution in [0.15, 0.2) is 41.1 Å². The normalized spacial score (nSPS) is 18.8. The molecule has 4 heterocycles. The zero-order valence-corrected chi connectivity index (χ0v) is 16.3. The molecular formula is C22H26N4O2. The Balaban J connectivity index is 1.17. The molecule has 2 aliphatic heterocycles. The third kappa shape index (κ3) is 3.02. The Labute approximate surface area is 164 Å². The molecular weight excluding hydrogens is 352 g/mol. The molecule has 2 aromatic heterocycles. The molecule has 0 radical (unpaired) electrons. The molecule has 3 aromatic rings. The number of hydrogen-bond acceptors (Lipinski definition) is 4. The molecule has 28 heavy (non-hydrogen) atoms. The van der Waals surface area contributed by atoms with Crippen LogP contribution in [-0.2, 0) is 6.54 Å². The number of carbonyl (C=O) groups excluding carboxylic acids is 1. The molecule has 5 rings (SSSR count). The Morgan fingerprint density at radius 3 is 2.75 bits per heavy atom. The largest absolute Gasteiger partial charge is 0.356 e. The molecule has 0 atom stereocenters. The van der Waals surface area contributed by atoms with Crippen LogP contribution in [0.4, 0.5) is 0 Å². The van der Waals surface area contributed by atoms with E-state index in [9.17, 15) is 4.79 Å². The lowest BCUT2D eigenvalue weighted by Crippen LogP contribution is -2.45. The van der Waals surface area contributed by atoms with E-state index in [0.29, 0.717) is 5.92 Å². The fraction of sp³-hybridized carbons (Fsp3) is 0.455. The zero-order valence-electron chi connectivity index (χ0n) is 16.3. The number of aryl methyl sites for hydroxylation is 1. The van der Waals surface area contributed by atoms with E-state index in [0.717, 1.165) is 80.0 Å². The summed E-state index contributed by atoms with van der Waals surface area (Å²) in [5.74, 6) is 0.639. The van der Waals surface area contributed by atoms with E-state index in [-0.39, 0.29) is 5.91 Å². The second kappa shape index (κ2) is 7.09. The van der Waals surface area contributed by atoms with Crippen molar-refractivity contribution in [2.24, 2.45) is 0 Å². The molecule has 2 aliphatic rings. The SMILES string of the molecule is Cc1ccn2c1C(=O)N(CCN1CCC(c3noc4ccccc34)CC1)CC2. The van der Waals surface area contributed by atoms with Crippen LogP contribution in [0.5, 0.6) is 0 Å². The first-order valence-corrected chi connectivity index (χ1v) is 10.2. The van der Waals surface area contributed by atoms with Crippen LogP contribution in [0.25, 0.3) is 11.0 Å². The first kappa shape index (κ1) is 17.5. The van der Waals surface area contributed by atoms with Gasteiger partial charge in [0, 0.05) is 43.7 Å². The van der Waals surface area contributed by atoms with Crippen LogP contribution in [0, 0.1) is 6.92 Å². The second-order valence-corrected chi connectivity index (χ2v) is 8.01. The van der Waals surface area contributed by atoms with Gasteiger partial charge >= 0.3 is 0 Å². The number of rotatable bonds is 4. The molecule has 1 aromatic carbocycles. The number of fused-ring (bicyclic) bond motifs is 2. The molecule has 0 saturated carbocycles. The maximum Gasteiger partial charge on any atom is 0.270 e. The fourth-order valence-corrected chi connectivity index (χ4v) is 4.64. The van der Waals surface area contributed by atoms with Crippen LogP contribution in [0.2, 0.25) is 0 Å². The fourth-order valence-electron chi connectivity index (χ4n) is 4.64. The quantitative estimate of drug-likeness (QED) is 0.699. The summed E-state index contributed by atoms with van der Waals surface area (Å²) >= 11 is 0. The third-order valence-electron chi connectivity index (χ3n) is 6.33. The first-order chi connectivity index (χ1) is 13.7. The van der Waals surface area contributed by atoms with Gasteiger partial charge in [-0.1, -0.05) is 17.3 Å². The highest BCUT2D eigenvalue weighted by atomic mass is 16.5. The summed E-state index contributed by atoms with van der Waals surface area (Å²) in [6, 6.07) is 10.2. The van der Waals surface area contributed by atoms with Gasteiger partial charge < -0.3 is 18.9 Å². The standard InChI is InChI=1S/C22H26N4O2/c1-16-6-11-25-14-15-26(22(27)21(16)25)13-12-24-9-7-17(8-10-24)20-18-4-2-3-5-19(18)28-23-20/h2-6,11,17H,7-10,12-15H2,1H3. The van der Waals surface area contributed by atoms with Crippen molar-refractivity contribution in [3.63, 3.8) is 0 Å². The van der Waals surface area contributed by atoms with E-state index in [2.05, 4.69) is 20.7 Å². The molecule has 0 spiro atoms. The molecule has 0 unspecified atom stereocenters. The smallest absolute Gasteiger partial charge is 0.270 e. The minimum atomic E-state index is 0.178.